The number of aliphatic carboxylic acids is 2. The number of rotatable bonds is 6. The molecule has 0 aliphatic carbocycles. The second-order valence-corrected chi connectivity index (χ2v) is 2.73. The molecule has 1 unspecified atom stereocenters. The highest BCUT2D eigenvalue weighted by atomic mass is 16.5. The molecule has 0 rings (SSSR count). The summed E-state index contributed by atoms with van der Waals surface area (Å²) >= 11 is 0. The van der Waals surface area contributed by atoms with E-state index in [4.69, 9.17) is 10.2 Å². The van der Waals surface area contributed by atoms with Gasteiger partial charge >= 0.3 is 18.0 Å². The Balaban J connectivity index is 4.01. The maximum absolute atomic E-state index is 10.8. The van der Waals surface area contributed by atoms with Gasteiger partial charge in [-0.05, 0) is 6.92 Å². The van der Waals surface area contributed by atoms with Crippen LogP contribution in [0.3, 0.4) is 0 Å². The fraction of sp³-hybridized carbons (Fsp3) is 0.625. The minimum absolute atomic E-state index is 0.169. The lowest BCUT2D eigenvalue weighted by Gasteiger charge is -2.10. The summed E-state index contributed by atoms with van der Waals surface area (Å²) in [7, 11) is 0. The normalized spacial score (nSPS) is 11.5. The van der Waals surface area contributed by atoms with E-state index >= 15 is 0 Å². The van der Waals surface area contributed by atoms with Crippen LogP contribution in [0.4, 0.5) is 4.79 Å². The van der Waals surface area contributed by atoms with Crippen molar-refractivity contribution in [2.45, 2.75) is 13.3 Å². The van der Waals surface area contributed by atoms with E-state index in [0.717, 1.165) is 0 Å². The monoisotopic (exact) mass is 219 g/mol. The number of alkyl carbamates (subject to hydrolysis) is 1. The number of carbonyl (C=O) groups excluding carboxylic acids is 1. The average Bonchev–Trinajstić information content (AvgIpc) is 2.11. The molecular formula is C8H13NO6. The quantitative estimate of drug-likeness (QED) is 0.575. The van der Waals surface area contributed by atoms with Crippen LogP contribution in [0.5, 0.6) is 0 Å². The Morgan fingerprint density at radius 3 is 2.33 bits per heavy atom. The molecule has 0 bridgehead atoms. The second-order valence-electron chi connectivity index (χ2n) is 2.73. The topological polar surface area (TPSA) is 113 Å². The van der Waals surface area contributed by atoms with Crippen LogP contribution in [0.2, 0.25) is 0 Å². The molecule has 0 aliphatic heterocycles. The van der Waals surface area contributed by atoms with E-state index in [-0.39, 0.29) is 13.2 Å². The van der Waals surface area contributed by atoms with Crippen LogP contribution in [0.1, 0.15) is 13.3 Å². The van der Waals surface area contributed by atoms with Gasteiger partial charge in [0, 0.05) is 6.54 Å². The van der Waals surface area contributed by atoms with Gasteiger partial charge in [-0.25, -0.2) is 4.79 Å². The van der Waals surface area contributed by atoms with Crippen molar-refractivity contribution >= 4 is 18.0 Å². The van der Waals surface area contributed by atoms with Crippen molar-refractivity contribution in [1.82, 2.24) is 5.32 Å². The van der Waals surface area contributed by atoms with Crippen molar-refractivity contribution in [3.63, 3.8) is 0 Å². The molecule has 86 valence electrons. The Bertz CT molecular complexity index is 252. The SMILES string of the molecule is CCOC(=O)NCC(CC(=O)O)C(=O)O. The summed E-state index contributed by atoms with van der Waals surface area (Å²) in [5.41, 5.74) is 0. The summed E-state index contributed by atoms with van der Waals surface area (Å²) in [6, 6.07) is 0. The van der Waals surface area contributed by atoms with Gasteiger partial charge in [0.15, 0.2) is 0 Å². The number of hydrogen-bond acceptors (Lipinski definition) is 4. The predicted octanol–water partition coefficient (Wildman–Crippen LogP) is -0.0920. The largest absolute Gasteiger partial charge is 0.481 e. The van der Waals surface area contributed by atoms with E-state index in [1.54, 1.807) is 6.92 Å². The van der Waals surface area contributed by atoms with Crippen LogP contribution >= 0.6 is 0 Å². The maximum Gasteiger partial charge on any atom is 0.407 e. The van der Waals surface area contributed by atoms with Gasteiger partial charge < -0.3 is 20.3 Å². The van der Waals surface area contributed by atoms with E-state index in [9.17, 15) is 14.4 Å². The molecule has 0 heterocycles. The molecule has 3 N–H and O–H groups in total. The lowest BCUT2D eigenvalue weighted by molar-refractivity contribution is -0.148. The molecule has 15 heavy (non-hydrogen) atoms. The minimum atomic E-state index is -1.27. The summed E-state index contributed by atoms with van der Waals surface area (Å²) in [5, 5.41) is 19.2. The van der Waals surface area contributed by atoms with Gasteiger partial charge in [-0.2, -0.15) is 0 Å². The lowest BCUT2D eigenvalue weighted by atomic mass is 10.1. The molecule has 1 amide bonds. The van der Waals surface area contributed by atoms with Crippen molar-refractivity contribution in [2.75, 3.05) is 13.2 Å². The molecule has 0 aromatic carbocycles. The molecule has 7 heteroatoms. The highest BCUT2D eigenvalue weighted by Crippen LogP contribution is 2.01. The Kier molecular flexibility index (Phi) is 5.84. The summed E-state index contributed by atoms with van der Waals surface area (Å²) in [5.74, 6) is -3.64. The third kappa shape index (κ3) is 6.30. The van der Waals surface area contributed by atoms with Gasteiger partial charge in [0.25, 0.3) is 0 Å². The molecule has 0 aromatic heterocycles. The average molecular weight is 219 g/mol. The van der Waals surface area contributed by atoms with Gasteiger partial charge in [-0.15, -0.1) is 0 Å². The predicted molar refractivity (Wildman–Crippen MR) is 48.4 cm³/mol. The first-order valence-corrected chi connectivity index (χ1v) is 4.32. The molecule has 0 saturated heterocycles. The van der Waals surface area contributed by atoms with Crippen molar-refractivity contribution in [1.29, 1.82) is 0 Å². The molecule has 0 aromatic rings. The zero-order chi connectivity index (χ0) is 11.8. The molecule has 0 saturated carbocycles. The zero-order valence-electron chi connectivity index (χ0n) is 8.23. The van der Waals surface area contributed by atoms with Crippen molar-refractivity contribution in [3.8, 4) is 0 Å². The van der Waals surface area contributed by atoms with Crippen LogP contribution in [-0.2, 0) is 14.3 Å². The van der Waals surface area contributed by atoms with Crippen LogP contribution in [0.15, 0.2) is 0 Å². The number of hydrogen-bond donors (Lipinski definition) is 3. The minimum Gasteiger partial charge on any atom is -0.481 e. The number of nitrogens with one attached hydrogen (secondary N) is 1. The maximum atomic E-state index is 10.8. The van der Waals surface area contributed by atoms with Crippen LogP contribution in [0, 0.1) is 5.92 Å². The lowest BCUT2D eigenvalue weighted by Crippen LogP contribution is -2.34. The molecule has 0 aliphatic rings. The Morgan fingerprint density at radius 2 is 1.93 bits per heavy atom. The Labute approximate surface area is 86.0 Å². The van der Waals surface area contributed by atoms with Gasteiger partial charge in [0.2, 0.25) is 0 Å². The van der Waals surface area contributed by atoms with E-state index in [1.807, 2.05) is 0 Å². The zero-order valence-corrected chi connectivity index (χ0v) is 8.23. The van der Waals surface area contributed by atoms with Gasteiger partial charge in [0.1, 0.15) is 0 Å². The summed E-state index contributed by atoms with van der Waals surface area (Å²) < 4.78 is 4.49. The van der Waals surface area contributed by atoms with Gasteiger partial charge in [-0.1, -0.05) is 0 Å². The van der Waals surface area contributed by atoms with E-state index in [2.05, 4.69) is 10.1 Å². The Hall–Kier alpha value is -1.79. The fourth-order valence-corrected chi connectivity index (χ4v) is 0.846. The number of carboxylic acid groups (broad SMARTS) is 2. The molecule has 0 radical (unpaired) electrons. The molecule has 7 nitrogen and oxygen atoms in total. The third-order valence-corrected chi connectivity index (χ3v) is 1.54. The van der Waals surface area contributed by atoms with E-state index in [0.29, 0.717) is 0 Å². The standard InChI is InChI=1S/C8H13NO6/c1-2-15-8(14)9-4-5(7(12)13)3-6(10)11/h5H,2-4H2,1H3,(H,9,14)(H,10,11)(H,12,13). The molecule has 0 fully saturated rings. The first kappa shape index (κ1) is 13.2. The van der Waals surface area contributed by atoms with Crippen LogP contribution in [-0.4, -0.2) is 41.4 Å². The van der Waals surface area contributed by atoms with Gasteiger partial charge in [0.05, 0.1) is 18.9 Å². The number of carboxylic acids is 2. The highest BCUT2D eigenvalue weighted by Gasteiger charge is 2.21. The summed E-state index contributed by atoms with van der Waals surface area (Å²) in [6.07, 6.45) is -1.30. The number of ether oxygens (including phenoxy) is 1. The van der Waals surface area contributed by atoms with Crippen LogP contribution in [0.25, 0.3) is 0 Å². The van der Waals surface area contributed by atoms with Crippen LogP contribution < -0.4 is 5.32 Å². The second kappa shape index (κ2) is 6.63. The first-order chi connectivity index (χ1) is 6.97. The summed E-state index contributed by atoms with van der Waals surface area (Å²) in [6.45, 7) is 1.51. The highest BCUT2D eigenvalue weighted by molar-refractivity contribution is 5.78. The van der Waals surface area contributed by atoms with Gasteiger partial charge in [-0.3, -0.25) is 9.59 Å². The smallest absolute Gasteiger partial charge is 0.407 e. The number of carbonyl (C=O) groups is 3. The molecule has 1 atom stereocenters. The third-order valence-electron chi connectivity index (χ3n) is 1.54. The molecular weight excluding hydrogens is 206 g/mol. The molecule has 0 spiro atoms. The van der Waals surface area contributed by atoms with Crippen molar-refractivity contribution < 1.29 is 29.3 Å². The summed E-state index contributed by atoms with van der Waals surface area (Å²) in [4.78, 5) is 31.6. The fourth-order valence-electron chi connectivity index (χ4n) is 0.846. The van der Waals surface area contributed by atoms with Crippen molar-refractivity contribution in [2.24, 2.45) is 5.92 Å². The van der Waals surface area contributed by atoms with Crippen molar-refractivity contribution in [3.05, 3.63) is 0 Å². The number of amides is 1. The first-order valence-electron chi connectivity index (χ1n) is 4.32. The Morgan fingerprint density at radius 1 is 1.33 bits per heavy atom. The van der Waals surface area contributed by atoms with E-state index in [1.165, 1.54) is 0 Å². The van der Waals surface area contributed by atoms with E-state index < -0.39 is 30.4 Å².